The highest BCUT2D eigenvalue weighted by atomic mass is 32.2. The van der Waals surface area contributed by atoms with Crippen molar-refractivity contribution in [1.29, 1.82) is 0 Å². The highest BCUT2D eigenvalue weighted by Crippen LogP contribution is 2.30. The fourth-order valence-corrected chi connectivity index (χ4v) is 4.97. The van der Waals surface area contributed by atoms with E-state index >= 15 is 0 Å². The fraction of sp³-hybridized carbons (Fsp3) is 0.308. The standard InChI is InChI=1S/2C13H14O2S/c2*1-4-16-10-5-6-11-8(2)13(9(3)14)15-12(11)7-10/h2*5-7H,4H2,1-3H3. The van der Waals surface area contributed by atoms with E-state index in [1.165, 1.54) is 23.6 Å². The lowest BCUT2D eigenvalue weighted by molar-refractivity contribution is 0.0981. The number of carbonyl (C=O) groups is 2. The summed E-state index contributed by atoms with van der Waals surface area (Å²) in [5.41, 5.74) is 3.49. The van der Waals surface area contributed by atoms with Crippen LogP contribution in [0, 0.1) is 13.8 Å². The zero-order valence-corrected chi connectivity index (χ0v) is 21.0. The van der Waals surface area contributed by atoms with Crippen molar-refractivity contribution in [3.8, 4) is 0 Å². The lowest BCUT2D eigenvalue weighted by Crippen LogP contribution is -1.90. The number of benzene rings is 2. The van der Waals surface area contributed by atoms with Crippen LogP contribution in [-0.2, 0) is 0 Å². The molecule has 0 amide bonds. The maximum atomic E-state index is 11.3. The Bertz CT molecular complexity index is 1180. The van der Waals surface area contributed by atoms with Gasteiger partial charge in [-0.15, -0.1) is 23.5 Å². The van der Waals surface area contributed by atoms with E-state index in [0.29, 0.717) is 11.5 Å². The van der Waals surface area contributed by atoms with Gasteiger partial charge in [0.2, 0.25) is 0 Å². The molecule has 0 aliphatic heterocycles. The molecule has 0 fully saturated rings. The predicted molar refractivity (Wildman–Crippen MR) is 135 cm³/mol. The number of rotatable bonds is 6. The Morgan fingerprint density at radius 2 is 1.09 bits per heavy atom. The van der Waals surface area contributed by atoms with E-state index in [1.54, 1.807) is 23.5 Å². The normalized spacial score (nSPS) is 10.9. The van der Waals surface area contributed by atoms with Crippen LogP contribution in [0.15, 0.2) is 55.0 Å². The molecule has 0 atom stereocenters. The maximum Gasteiger partial charge on any atom is 0.195 e. The van der Waals surface area contributed by atoms with Crippen molar-refractivity contribution in [2.45, 2.75) is 51.3 Å². The second-order valence-corrected chi connectivity index (χ2v) is 10.1. The minimum atomic E-state index is -0.0154. The lowest BCUT2D eigenvalue weighted by atomic mass is 10.1. The van der Waals surface area contributed by atoms with Crippen molar-refractivity contribution < 1.29 is 18.4 Å². The molecule has 0 spiro atoms. The summed E-state index contributed by atoms with van der Waals surface area (Å²) >= 11 is 3.54. The first kappa shape index (κ1) is 24.2. The number of ketones is 2. The number of carbonyl (C=O) groups excluding carboxylic acids is 2. The third-order valence-corrected chi connectivity index (χ3v) is 6.83. The molecule has 0 aliphatic carbocycles. The molecule has 2 aromatic heterocycles. The largest absolute Gasteiger partial charge is 0.453 e. The Kier molecular flexibility index (Phi) is 7.91. The molecule has 0 N–H and O–H groups in total. The van der Waals surface area contributed by atoms with E-state index < -0.39 is 0 Å². The van der Waals surface area contributed by atoms with E-state index in [1.807, 2.05) is 38.1 Å². The summed E-state index contributed by atoms with van der Waals surface area (Å²) < 4.78 is 11.2. The third-order valence-electron chi connectivity index (χ3n) is 5.08. The Balaban J connectivity index is 0.000000181. The van der Waals surface area contributed by atoms with Crippen LogP contribution in [0.25, 0.3) is 21.9 Å². The Hall–Kier alpha value is -2.44. The first-order valence-electron chi connectivity index (χ1n) is 10.6. The molecule has 0 radical (unpaired) electrons. The van der Waals surface area contributed by atoms with Gasteiger partial charge < -0.3 is 8.83 Å². The molecule has 2 heterocycles. The van der Waals surface area contributed by atoms with Crippen molar-refractivity contribution in [1.82, 2.24) is 0 Å². The van der Waals surface area contributed by atoms with Crippen LogP contribution in [0.2, 0.25) is 0 Å². The van der Waals surface area contributed by atoms with Crippen molar-refractivity contribution in [3.63, 3.8) is 0 Å². The number of fused-ring (bicyclic) bond motifs is 2. The molecule has 4 rings (SSSR count). The van der Waals surface area contributed by atoms with Crippen LogP contribution in [0.5, 0.6) is 0 Å². The van der Waals surface area contributed by atoms with Gasteiger partial charge in [-0.2, -0.15) is 0 Å². The number of thioether (sulfide) groups is 2. The summed E-state index contributed by atoms with van der Waals surface area (Å²) in [6, 6.07) is 12.2. The van der Waals surface area contributed by atoms with Crippen molar-refractivity contribution in [2.75, 3.05) is 11.5 Å². The molecule has 168 valence electrons. The van der Waals surface area contributed by atoms with Crippen LogP contribution in [-0.4, -0.2) is 23.1 Å². The zero-order valence-electron chi connectivity index (χ0n) is 19.3. The molecule has 0 unspecified atom stereocenters. The van der Waals surface area contributed by atoms with Crippen LogP contribution < -0.4 is 0 Å². The summed E-state index contributed by atoms with van der Waals surface area (Å²) in [4.78, 5) is 25.1. The smallest absolute Gasteiger partial charge is 0.195 e. The van der Waals surface area contributed by atoms with E-state index in [0.717, 1.165) is 44.6 Å². The highest BCUT2D eigenvalue weighted by molar-refractivity contribution is 7.99. The van der Waals surface area contributed by atoms with Crippen molar-refractivity contribution in [3.05, 3.63) is 59.0 Å². The second kappa shape index (κ2) is 10.5. The average Bonchev–Trinajstić information content (AvgIpc) is 3.26. The monoisotopic (exact) mass is 468 g/mol. The minimum absolute atomic E-state index is 0.0154. The average molecular weight is 469 g/mol. The first-order chi connectivity index (χ1) is 15.3. The van der Waals surface area contributed by atoms with Crippen LogP contribution in [0.4, 0.5) is 0 Å². The molecule has 0 saturated heterocycles. The summed E-state index contributed by atoms with van der Waals surface area (Å²) in [5, 5.41) is 2.07. The SMILES string of the molecule is CCSc1ccc2c(C)c(C(C)=O)oc2c1.CCSc1ccc2c(C)c(C(C)=O)oc2c1. The van der Waals surface area contributed by atoms with Gasteiger partial charge in [-0.1, -0.05) is 13.8 Å². The van der Waals surface area contributed by atoms with Gasteiger partial charge in [-0.3, -0.25) is 9.59 Å². The topological polar surface area (TPSA) is 60.4 Å². The molecular weight excluding hydrogens is 440 g/mol. The zero-order chi connectivity index (χ0) is 23.4. The van der Waals surface area contributed by atoms with Crippen LogP contribution in [0.1, 0.15) is 59.9 Å². The maximum absolute atomic E-state index is 11.3. The van der Waals surface area contributed by atoms with Gasteiger partial charge >= 0.3 is 0 Å². The van der Waals surface area contributed by atoms with Crippen LogP contribution >= 0.6 is 23.5 Å². The third kappa shape index (κ3) is 5.13. The molecule has 32 heavy (non-hydrogen) atoms. The second-order valence-electron chi connectivity index (χ2n) is 7.41. The molecule has 0 aliphatic rings. The molecule has 4 nitrogen and oxygen atoms in total. The van der Waals surface area contributed by atoms with E-state index in [4.69, 9.17) is 8.83 Å². The predicted octanol–water partition coefficient (Wildman–Crippen LogP) is 8.11. The van der Waals surface area contributed by atoms with Gasteiger partial charge in [0.1, 0.15) is 11.2 Å². The van der Waals surface area contributed by atoms with Gasteiger partial charge in [-0.05, 0) is 61.8 Å². The number of hydrogen-bond donors (Lipinski definition) is 0. The quantitative estimate of drug-likeness (QED) is 0.210. The lowest BCUT2D eigenvalue weighted by Gasteiger charge is -1.97. The number of aryl methyl sites for hydroxylation is 2. The Morgan fingerprint density at radius 1 is 0.719 bits per heavy atom. The van der Waals surface area contributed by atoms with Gasteiger partial charge in [0, 0.05) is 45.5 Å². The number of Topliss-reactive ketones (excluding diaryl/α,β-unsaturated/α-hetero) is 2. The minimum Gasteiger partial charge on any atom is -0.453 e. The van der Waals surface area contributed by atoms with E-state index in [-0.39, 0.29) is 11.6 Å². The summed E-state index contributed by atoms with van der Waals surface area (Å²) in [6.45, 7) is 11.1. The molecule has 0 bridgehead atoms. The van der Waals surface area contributed by atoms with Gasteiger partial charge in [0.25, 0.3) is 0 Å². The van der Waals surface area contributed by atoms with Crippen LogP contribution in [0.3, 0.4) is 0 Å². The highest BCUT2D eigenvalue weighted by Gasteiger charge is 2.15. The molecule has 0 saturated carbocycles. The van der Waals surface area contributed by atoms with Gasteiger partial charge in [0.15, 0.2) is 23.1 Å². The van der Waals surface area contributed by atoms with Crippen molar-refractivity contribution >= 4 is 57.0 Å². The van der Waals surface area contributed by atoms with Gasteiger partial charge in [0.05, 0.1) is 0 Å². The summed E-state index contributed by atoms with van der Waals surface area (Å²) in [7, 11) is 0. The number of furan rings is 2. The summed E-state index contributed by atoms with van der Waals surface area (Å²) in [6.07, 6.45) is 0. The Morgan fingerprint density at radius 3 is 1.41 bits per heavy atom. The van der Waals surface area contributed by atoms with E-state index in [2.05, 4.69) is 26.0 Å². The summed E-state index contributed by atoms with van der Waals surface area (Å²) in [5.74, 6) is 2.99. The fourth-order valence-electron chi connectivity index (χ4n) is 3.60. The molecule has 2 aromatic carbocycles. The van der Waals surface area contributed by atoms with Gasteiger partial charge in [-0.25, -0.2) is 0 Å². The van der Waals surface area contributed by atoms with Crippen molar-refractivity contribution in [2.24, 2.45) is 0 Å². The molecule has 6 heteroatoms. The first-order valence-corrected chi connectivity index (χ1v) is 12.6. The van der Waals surface area contributed by atoms with E-state index in [9.17, 15) is 9.59 Å². The number of hydrogen-bond acceptors (Lipinski definition) is 6. The molecule has 4 aromatic rings. The molecular formula is C26H28O4S2. The Labute approximate surface area is 197 Å².